The fourth-order valence-electron chi connectivity index (χ4n) is 2.30. The van der Waals surface area contributed by atoms with Crippen LogP contribution in [0, 0.1) is 0 Å². The molecule has 0 bridgehead atoms. The second-order valence-corrected chi connectivity index (χ2v) is 5.46. The van der Waals surface area contributed by atoms with E-state index in [1.165, 1.54) is 12.8 Å². The molecule has 0 aliphatic rings. The first-order valence-corrected chi connectivity index (χ1v) is 8.32. The first-order valence-electron chi connectivity index (χ1n) is 8.32. The molecule has 0 saturated heterocycles. The highest BCUT2D eigenvalue weighted by Crippen LogP contribution is 2.15. The molecule has 0 aliphatic heterocycles. The van der Waals surface area contributed by atoms with Crippen molar-refractivity contribution in [3.63, 3.8) is 0 Å². The van der Waals surface area contributed by atoms with Gasteiger partial charge in [0.1, 0.15) is 0 Å². The summed E-state index contributed by atoms with van der Waals surface area (Å²) in [4.78, 5) is 24.6. The van der Waals surface area contributed by atoms with Crippen molar-refractivity contribution in [1.29, 1.82) is 0 Å². The van der Waals surface area contributed by atoms with Gasteiger partial charge < -0.3 is 14.7 Å². The summed E-state index contributed by atoms with van der Waals surface area (Å²) >= 11 is 0. The lowest BCUT2D eigenvalue weighted by atomic mass is 10.2. The number of carboxylic acid groups (broad SMARTS) is 1. The largest absolute Gasteiger partial charge is 0.478 e. The molecule has 0 unspecified atom stereocenters. The molecule has 1 aromatic carbocycles. The first kappa shape index (κ1) is 19.0. The average molecular weight is 321 g/mol. The van der Waals surface area contributed by atoms with Crippen molar-refractivity contribution in [2.24, 2.45) is 0 Å². The van der Waals surface area contributed by atoms with Gasteiger partial charge in [-0.3, -0.25) is 4.79 Å². The minimum Gasteiger partial charge on any atom is -0.478 e. The van der Waals surface area contributed by atoms with Crippen LogP contribution in [0.4, 0.5) is 5.69 Å². The van der Waals surface area contributed by atoms with Gasteiger partial charge in [0.25, 0.3) is 0 Å². The van der Waals surface area contributed by atoms with Crippen LogP contribution >= 0.6 is 0 Å². The van der Waals surface area contributed by atoms with Crippen molar-refractivity contribution in [3.05, 3.63) is 29.8 Å². The topological polar surface area (TPSA) is 66.8 Å². The third kappa shape index (κ3) is 7.17. The van der Waals surface area contributed by atoms with Crippen LogP contribution in [0.2, 0.25) is 0 Å². The van der Waals surface area contributed by atoms with Gasteiger partial charge in [0.2, 0.25) is 0 Å². The highest BCUT2D eigenvalue weighted by Gasteiger charge is 2.10. The number of esters is 1. The van der Waals surface area contributed by atoms with Gasteiger partial charge in [-0.15, -0.1) is 0 Å². The molecule has 0 heterocycles. The Morgan fingerprint density at radius 1 is 1.09 bits per heavy atom. The van der Waals surface area contributed by atoms with Crippen LogP contribution in [0.15, 0.2) is 24.3 Å². The number of nitrogens with zero attached hydrogens (tertiary/aromatic N) is 1. The average Bonchev–Trinajstić information content (AvgIpc) is 2.55. The van der Waals surface area contributed by atoms with Gasteiger partial charge in [-0.25, -0.2) is 4.79 Å². The Balaban J connectivity index is 2.38. The number of anilines is 1. The van der Waals surface area contributed by atoms with E-state index in [1.54, 1.807) is 24.3 Å². The van der Waals surface area contributed by atoms with Crippen LogP contribution in [-0.4, -0.2) is 36.7 Å². The summed E-state index contributed by atoms with van der Waals surface area (Å²) in [6.07, 6.45) is 4.70. The summed E-state index contributed by atoms with van der Waals surface area (Å²) in [5, 5.41) is 8.91. The minimum atomic E-state index is -0.939. The number of benzene rings is 1. The molecule has 0 spiro atoms. The molecule has 0 aromatic heterocycles. The summed E-state index contributed by atoms with van der Waals surface area (Å²) in [6, 6.07) is 6.69. The van der Waals surface area contributed by atoms with Crippen molar-refractivity contribution >= 4 is 17.6 Å². The number of hydrogen-bond acceptors (Lipinski definition) is 4. The molecule has 0 atom stereocenters. The number of ether oxygens (including phenoxy) is 1. The number of rotatable bonds is 11. The zero-order valence-corrected chi connectivity index (χ0v) is 14.1. The van der Waals surface area contributed by atoms with E-state index in [0.29, 0.717) is 19.6 Å². The van der Waals surface area contributed by atoms with Crippen LogP contribution in [0.25, 0.3) is 0 Å². The second-order valence-electron chi connectivity index (χ2n) is 5.46. The summed E-state index contributed by atoms with van der Waals surface area (Å²) in [5.74, 6) is -1.12. The van der Waals surface area contributed by atoms with Crippen LogP contribution in [0.1, 0.15) is 56.3 Å². The van der Waals surface area contributed by atoms with Gasteiger partial charge in [-0.05, 0) is 37.6 Å². The third-order valence-electron chi connectivity index (χ3n) is 3.71. The Hall–Kier alpha value is -2.04. The zero-order valence-electron chi connectivity index (χ0n) is 14.1. The molecule has 5 heteroatoms. The Bertz CT molecular complexity index is 484. The molecule has 23 heavy (non-hydrogen) atoms. The van der Waals surface area contributed by atoms with Crippen molar-refractivity contribution in [2.45, 2.75) is 46.0 Å². The van der Waals surface area contributed by atoms with Gasteiger partial charge in [0.15, 0.2) is 0 Å². The predicted molar refractivity (Wildman–Crippen MR) is 91.0 cm³/mol. The number of aromatic carboxylic acids is 1. The maximum atomic E-state index is 11.7. The Kier molecular flexibility index (Phi) is 8.80. The van der Waals surface area contributed by atoms with E-state index < -0.39 is 5.97 Å². The summed E-state index contributed by atoms with van der Waals surface area (Å²) in [7, 11) is 0. The standard InChI is InChI=1S/C18H27NO4/c1-3-5-6-7-14-23-17(20)12-13-19(4-2)16-10-8-15(9-11-16)18(21)22/h8-11H,3-7,12-14H2,1-2H3,(H,21,22). The lowest BCUT2D eigenvalue weighted by molar-refractivity contribution is -0.143. The molecule has 0 aliphatic carbocycles. The maximum absolute atomic E-state index is 11.7. The van der Waals surface area contributed by atoms with Gasteiger partial charge >= 0.3 is 11.9 Å². The quantitative estimate of drug-likeness (QED) is 0.497. The number of unbranched alkanes of at least 4 members (excludes halogenated alkanes) is 3. The molecular formula is C18H27NO4. The van der Waals surface area contributed by atoms with E-state index >= 15 is 0 Å². The van der Waals surface area contributed by atoms with Crippen LogP contribution in [0.3, 0.4) is 0 Å². The van der Waals surface area contributed by atoms with Crippen molar-refractivity contribution in [1.82, 2.24) is 0 Å². The molecule has 0 saturated carbocycles. The van der Waals surface area contributed by atoms with Gasteiger partial charge in [-0.1, -0.05) is 26.2 Å². The number of carboxylic acids is 1. The monoisotopic (exact) mass is 321 g/mol. The highest BCUT2D eigenvalue weighted by molar-refractivity contribution is 5.88. The lowest BCUT2D eigenvalue weighted by Gasteiger charge is -2.22. The number of carbonyl (C=O) groups excluding carboxylic acids is 1. The van der Waals surface area contributed by atoms with Gasteiger partial charge in [-0.2, -0.15) is 0 Å². The molecule has 1 N–H and O–H groups in total. The summed E-state index contributed by atoms with van der Waals surface area (Å²) < 4.78 is 5.23. The van der Waals surface area contributed by atoms with E-state index in [-0.39, 0.29) is 11.5 Å². The predicted octanol–water partition coefficient (Wildman–Crippen LogP) is 3.72. The Morgan fingerprint density at radius 3 is 2.35 bits per heavy atom. The SMILES string of the molecule is CCCCCCOC(=O)CCN(CC)c1ccc(C(=O)O)cc1. The fraction of sp³-hybridized carbons (Fsp3) is 0.556. The smallest absolute Gasteiger partial charge is 0.335 e. The molecular weight excluding hydrogens is 294 g/mol. The molecule has 128 valence electrons. The highest BCUT2D eigenvalue weighted by atomic mass is 16.5. The molecule has 1 rings (SSSR count). The van der Waals surface area contributed by atoms with Crippen molar-refractivity contribution in [2.75, 3.05) is 24.6 Å². The molecule has 5 nitrogen and oxygen atoms in total. The molecule has 0 fully saturated rings. The number of hydrogen-bond donors (Lipinski definition) is 1. The van der Waals surface area contributed by atoms with Crippen molar-refractivity contribution in [3.8, 4) is 0 Å². The second kappa shape index (κ2) is 10.6. The first-order chi connectivity index (χ1) is 11.1. The van der Waals surface area contributed by atoms with Crippen LogP contribution < -0.4 is 4.90 Å². The van der Waals surface area contributed by atoms with Crippen LogP contribution in [-0.2, 0) is 9.53 Å². The van der Waals surface area contributed by atoms with E-state index in [0.717, 1.165) is 25.1 Å². The normalized spacial score (nSPS) is 10.3. The molecule has 0 radical (unpaired) electrons. The maximum Gasteiger partial charge on any atom is 0.335 e. The van der Waals surface area contributed by atoms with Crippen LogP contribution in [0.5, 0.6) is 0 Å². The third-order valence-corrected chi connectivity index (χ3v) is 3.71. The molecule has 0 amide bonds. The zero-order chi connectivity index (χ0) is 17.1. The van der Waals surface area contributed by atoms with E-state index in [9.17, 15) is 9.59 Å². The fourth-order valence-corrected chi connectivity index (χ4v) is 2.30. The molecule has 1 aromatic rings. The van der Waals surface area contributed by atoms with E-state index in [1.807, 2.05) is 11.8 Å². The van der Waals surface area contributed by atoms with Gasteiger partial charge in [0, 0.05) is 18.8 Å². The van der Waals surface area contributed by atoms with E-state index in [4.69, 9.17) is 9.84 Å². The van der Waals surface area contributed by atoms with E-state index in [2.05, 4.69) is 6.92 Å². The van der Waals surface area contributed by atoms with Crippen molar-refractivity contribution < 1.29 is 19.4 Å². The lowest BCUT2D eigenvalue weighted by Crippen LogP contribution is -2.26. The minimum absolute atomic E-state index is 0.179. The Labute approximate surface area is 138 Å². The number of carbonyl (C=O) groups is 2. The summed E-state index contributed by atoms with van der Waals surface area (Å²) in [6.45, 7) is 5.96. The Morgan fingerprint density at radius 2 is 1.78 bits per heavy atom. The summed E-state index contributed by atoms with van der Waals surface area (Å²) in [5.41, 5.74) is 1.17. The van der Waals surface area contributed by atoms with Gasteiger partial charge in [0.05, 0.1) is 18.6 Å².